The summed E-state index contributed by atoms with van der Waals surface area (Å²) in [6.07, 6.45) is 5.56. The van der Waals surface area contributed by atoms with Gasteiger partial charge in [-0.3, -0.25) is 4.90 Å². The minimum Gasteiger partial charge on any atom is -0.439 e. The summed E-state index contributed by atoms with van der Waals surface area (Å²) >= 11 is 0. The van der Waals surface area contributed by atoms with E-state index in [1.54, 1.807) is 6.20 Å². The molecule has 2 aromatic rings. The molecule has 1 aromatic heterocycles. The zero-order valence-electron chi connectivity index (χ0n) is 12.5. The third-order valence-corrected chi connectivity index (χ3v) is 4.14. The van der Waals surface area contributed by atoms with Gasteiger partial charge in [0.05, 0.1) is 0 Å². The van der Waals surface area contributed by atoms with Crippen LogP contribution < -0.4 is 4.74 Å². The highest BCUT2D eigenvalue weighted by Gasteiger charge is 2.25. The second-order valence-corrected chi connectivity index (χ2v) is 5.45. The summed E-state index contributed by atoms with van der Waals surface area (Å²) in [5.74, 6) is 1.59. The van der Waals surface area contributed by atoms with Crippen molar-refractivity contribution in [3.05, 3.63) is 54.2 Å². The van der Waals surface area contributed by atoms with Gasteiger partial charge >= 0.3 is 0 Å². The molecule has 0 amide bonds. The van der Waals surface area contributed by atoms with Gasteiger partial charge in [0.1, 0.15) is 5.75 Å². The van der Waals surface area contributed by atoms with Crippen LogP contribution in [-0.2, 0) is 0 Å². The molecule has 1 saturated heterocycles. The van der Waals surface area contributed by atoms with E-state index in [1.165, 1.54) is 31.4 Å². The van der Waals surface area contributed by atoms with Gasteiger partial charge in [-0.1, -0.05) is 37.6 Å². The van der Waals surface area contributed by atoms with Crippen molar-refractivity contribution in [2.24, 2.45) is 0 Å². The van der Waals surface area contributed by atoms with Crippen molar-refractivity contribution in [1.82, 2.24) is 9.88 Å². The Kier molecular flexibility index (Phi) is 4.51. The fourth-order valence-corrected chi connectivity index (χ4v) is 3.06. The molecule has 2 heterocycles. The molecular weight excluding hydrogens is 260 g/mol. The molecule has 1 atom stereocenters. The van der Waals surface area contributed by atoms with Crippen molar-refractivity contribution >= 4 is 0 Å². The molecule has 3 nitrogen and oxygen atoms in total. The minimum atomic E-state index is 0.427. The van der Waals surface area contributed by atoms with Crippen molar-refractivity contribution in [2.45, 2.75) is 32.2 Å². The lowest BCUT2D eigenvalue weighted by Gasteiger charge is -2.35. The maximum absolute atomic E-state index is 6.02. The van der Waals surface area contributed by atoms with E-state index < -0.39 is 0 Å². The van der Waals surface area contributed by atoms with Gasteiger partial charge in [-0.25, -0.2) is 4.98 Å². The van der Waals surface area contributed by atoms with Crippen molar-refractivity contribution in [1.29, 1.82) is 0 Å². The first-order valence-electron chi connectivity index (χ1n) is 7.80. The van der Waals surface area contributed by atoms with Crippen LogP contribution in [0.3, 0.4) is 0 Å². The topological polar surface area (TPSA) is 25.4 Å². The van der Waals surface area contributed by atoms with Crippen LogP contribution in [0.15, 0.2) is 48.7 Å². The Balaban J connectivity index is 1.88. The number of pyridine rings is 1. The van der Waals surface area contributed by atoms with E-state index in [1.807, 2.05) is 36.4 Å². The third-order valence-electron chi connectivity index (χ3n) is 4.14. The number of hydrogen-bond donors (Lipinski definition) is 0. The first-order valence-corrected chi connectivity index (χ1v) is 7.80. The molecule has 3 heteroatoms. The van der Waals surface area contributed by atoms with Crippen LogP contribution >= 0.6 is 0 Å². The predicted octanol–water partition coefficient (Wildman–Crippen LogP) is 4.42. The lowest BCUT2D eigenvalue weighted by Crippen LogP contribution is -2.33. The highest BCUT2D eigenvalue weighted by molar-refractivity contribution is 5.34. The molecule has 0 N–H and O–H groups in total. The van der Waals surface area contributed by atoms with E-state index >= 15 is 0 Å². The second-order valence-electron chi connectivity index (χ2n) is 5.45. The molecular formula is C18H22N2O. The van der Waals surface area contributed by atoms with E-state index in [4.69, 9.17) is 4.74 Å². The fraction of sp³-hybridized carbons (Fsp3) is 0.389. The third kappa shape index (κ3) is 3.24. The van der Waals surface area contributed by atoms with Crippen LogP contribution in [0.25, 0.3) is 0 Å². The Bertz CT molecular complexity index is 570. The normalized spacial score (nSPS) is 19.4. The summed E-state index contributed by atoms with van der Waals surface area (Å²) in [6.45, 7) is 4.47. The highest BCUT2D eigenvalue weighted by Crippen LogP contribution is 2.36. The second kappa shape index (κ2) is 6.72. The number of ether oxygens (including phenoxy) is 1. The van der Waals surface area contributed by atoms with E-state index in [0.29, 0.717) is 6.04 Å². The summed E-state index contributed by atoms with van der Waals surface area (Å²) in [5, 5.41) is 0. The number of rotatable bonds is 4. The molecule has 0 aliphatic carbocycles. The predicted molar refractivity (Wildman–Crippen MR) is 84.6 cm³/mol. The molecule has 21 heavy (non-hydrogen) atoms. The smallest absolute Gasteiger partial charge is 0.223 e. The molecule has 0 spiro atoms. The highest BCUT2D eigenvalue weighted by atomic mass is 16.5. The first-order chi connectivity index (χ1) is 10.4. The van der Waals surface area contributed by atoms with Gasteiger partial charge < -0.3 is 4.74 Å². The van der Waals surface area contributed by atoms with Crippen molar-refractivity contribution in [3.8, 4) is 11.6 Å². The van der Waals surface area contributed by atoms with E-state index in [0.717, 1.165) is 18.2 Å². The van der Waals surface area contributed by atoms with E-state index in [-0.39, 0.29) is 0 Å². The van der Waals surface area contributed by atoms with Crippen LogP contribution in [0.4, 0.5) is 0 Å². The molecule has 0 bridgehead atoms. The number of nitrogens with zero attached hydrogens (tertiary/aromatic N) is 2. The fourth-order valence-electron chi connectivity index (χ4n) is 3.06. The molecule has 1 aliphatic heterocycles. The van der Waals surface area contributed by atoms with Crippen molar-refractivity contribution in [3.63, 3.8) is 0 Å². The summed E-state index contributed by atoms with van der Waals surface area (Å²) < 4.78 is 6.02. The number of piperidine rings is 1. The summed E-state index contributed by atoms with van der Waals surface area (Å²) in [5.41, 5.74) is 1.21. The molecule has 0 unspecified atom stereocenters. The Labute approximate surface area is 126 Å². The minimum absolute atomic E-state index is 0.427. The largest absolute Gasteiger partial charge is 0.439 e. The van der Waals surface area contributed by atoms with Gasteiger partial charge in [0.25, 0.3) is 0 Å². The van der Waals surface area contributed by atoms with Gasteiger partial charge in [0.2, 0.25) is 5.88 Å². The molecule has 1 aliphatic rings. The van der Waals surface area contributed by atoms with E-state index in [9.17, 15) is 0 Å². The van der Waals surface area contributed by atoms with Crippen LogP contribution in [0.2, 0.25) is 0 Å². The molecule has 0 radical (unpaired) electrons. The number of likely N-dealkylation sites (tertiary alicyclic amines) is 1. The first kappa shape index (κ1) is 14.1. The van der Waals surface area contributed by atoms with Gasteiger partial charge in [0, 0.05) is 17.8 Å². The Hall–Kier alpha value is -1.87. The average Bonchev–Trinajstić information content (AvgIpc) is 2.56. The molecule has 1 aromatic carbocycles. The standard InChI is InChI=1S/C18H22N2O/c1-2-20-14-7-6-12-17(20)16-11-8-13-19-18(16)21-15-9-4-3-5-10-15/h3-5,8-11,13,17H,2,6-7,12,14H2,1H3/t17-/m0/s1. The van der Waals surface area contributed by atoms with E-state index in [2.05, 4.69) is 22.9 Å². The maximum atomic E-state index is 6.02. The van der Waals surface area contributed by atoms with Gasteiger partial charge in [-0.2, -0.15) is 0 Å². The summed E-state index contributed by atoms with van der Waals surface area (Å²) in [4.78, 5) is 7.00. The Morgan fingerprint density at radius 2 is 2.00 bits per heavy atom. The zero-order chi connectivity index (χ0) is 14.5. The van der Waals surface area contributed by atoms with Crippen LogP contribution in [0.5, 0.6) is 11.6 Å². The quantitative estimate of drug-likeness (QED) is 0.830. The summed E-state index contributed by atoms with van der Waals surface area (Å²) in [6, 6.07) is 14.5. The lowest BCUT2D eigenvalue weighted by atomic mass is 9.96. The van der Waals surface area contributed by atoms with Gasteiger partial charge in [-0.05, 0) is 44.1 Å². The molecule has 110 valence electrons. The number of benzene rings is 1. The average molecular weight is 282 g/mol. The lowest BCUT2D eigenvalue weighted by molar-refractivity contribution is 0.154. The number of aromatic nitrogens is 1. The van der Waals surface area contributed by atoms with Crippen LogP contribution in [0, 0.1) is 0 Å². The Morgan fingerprint density at radius 3 is 2.81 bits per heavy atom. The zero-order valence-corrected chi connectivity index (χ0v) is 12.5. The van der Waals surface area contributed by atoms with Crippen LogP contribution in [-0.4, -0.2) is 23.0 Å². The van der Waals surface area contributed by atoms with Gasteiger partial charge in [-0.15, -0.1) is 0 Å². The SMILES string of the molecule is CCN1CCCC[C@H]1c1cccnc1Oc1ccccc1. The van der Waals surface area contributed by atoms with Crippen LogP contribution in [0.1, 0.15) is 37.8 Å². The number of para-hydroxylation sites is 1. The number of hydrogen-bond acceptors (Lipinski definition) is 3. The molecule has 1 fully saturated rings. The Morgan fingerprint density at radius 1 is 1.14 bits per heavy atom. The summed E-state index contributed by atoms with van der Waals surface area (Å²) in [7, 11) is 0. The van der Waals surface area contributed by atoms with Crippen molar-refractivity contribution < 1.29 is 4.74 Å². The monoisotopic (exact) mass is 282 g/mol. The molecule has 3 rings (SSSR count). The van der Waals surface area contributed by atoms with Crippen molar-refractivity contribution in [2.75, 3.05) is 13.1 Å². The molecule has 0 saturated carbocycles. The van der Waals surface area contributed by atoms with Gasteiger partial charge in [0.15, 0.2) is 0 Å². The maximum Gasteiger partial charge on any atom is 0.223 e.